The van der Waals surface area contributed by atoms with Crippen LogP contribution in [0.25, 0.3) is 40.1 Å². The van der Waals surface area contributed by atoms with E-state index >= 15 is 0 Å². The molecule has 0 radical (unpaired) electrons. The van der Waals surface area contributed by atoms with Gasteiger partial charge >= 0.3 is 0 Å². The van der Waals surface area contributed by atoms with Crippen LogP contribution in [-0.2, 0) is 4.79 Å². The Balaban J connectivity index is 1.33. The van der Waals surface area contributed by atoms with Crippen molar-refractivity contribution in [2.75, 3.05) is 5.32 Å². The number of aromatic nitrogens is 2. The molecule has 1 amide bonds. The number of rotatable bonds is 5. The number of benzene rings is 2. The molecule has 0 saturated carbocycles. The summed E-state index contributed by atoms with van der Waals surface area (Å²) in [5, 5.41) is 2.91. The van der Waals surface area contributed by atoms with E-state index in [2.05, 4.69) is 15.3 Å². The molecule has 0 aliphatic carbocycles. The number of nitrogens with one attached hydrogen (secondary N) is 1. The third kappa shape index (κ3) is 3.94. The van der Waals surface area contributed by atoms with Crippen molar-refractivity contribution in [1.82, 2.24) is 9.97 Å². The molecule has 0 spiro atoms. The van der Waals surface area contributed by atoms with Crippen LogP contribution in [0.3, 0.4) is 0 Å². The molecular weight excluding hydrogens is 402 g/mol. The number of amides is 1. The van der Waals surface area contributed by atoms with E-state index in [1.54, 1.807) is 18.3 Å². The second kappa shape index (κ2) is 8.35. The third-order valence-electron chi connectivity index (χ3n) is 5.07. The lowest BCUT2D eigenvalue weighted by Crippen LogP contribution is -2.09. The molecule has 32 heavy (non-hydrogen) atoms. The summed E-state index contributed by atoms with van der Waals surface area (Å²) >= 11 is 0. The van der Waals surface area contributed by atoms with Gasteiger partial charge in [0.2, 0.25) is 11.8 Å². The number of furan rings is 1. The maximum atomic E-state index is 12.5. The normalized spacial score (nSPS) is 11.3. The van der Waals surface area contributed by atoms with Gasteiger partial charge in [-0.3, -0.25) is 4.79 Å². The highest BCUT2D eigenvalue weighted by atomic mass is 16.3. The average Bonchev–Trinajstić information content (AvgIpc) is 3.47. The second-order valence-electron chi connectivity index (χ2n) is 7.21. The van der Waals surface area contributed by atoms with Gasteiger partial charge in [-0.2, -0.15) is 4.98 Å². The number of nitrogens with zero attached hydrogens (tertiary/aromatic N) is 2. The molecule has 0 atom stereocenters. The highest BCUT2D eigenvalue weighted by Crippen LogP contribution is 2.30. The Morgan fingerprint density at radius 1 is 0.938 bits per heavy atom. The van der Waals surface area contributed by atoms with Crippen LogP contribution in [0.15, 0.2) is 93.9 Å². The Labute approximate surface area is 184 Å². The molecule has 0 saturated heterocycles. The van der Waals surface area contributed by atoms with Crippen LogP contribution < -0.4 is 5.32 Å². The van der Waals surface area contributed by atoms with Crippen LogP contribution in [-0.4, -0.2) is 15.9 Å². The fourth-order valence-corrected chi connectivity index (χ4v) is 3.42. The Hall–Kier alpha value is -4.45. The summed E-state index contributed by atoms with van der Waals surface area (Å²) < 4.78 is 11.6. The van der Waals surface area contributed by atoms with Gasteiger partial charge < -0.3 is 14.2 Å². The van der Waals surface area contributed by atoms with Crippen LogP contribution >= 0.6 is 0 Å². The molecule has 3 heterocycles. The minimum absolute atomic E-state index is 0.262. The van der Waals surface area contributed by atoms with Gasteiger partial charge in [0.15, 0.2) is 11.2 Å². The first-order valence-corrected chi connectivity index (χ1v) is 10.1. The molecule has 1 N–H and O–H groups in total. The van der Waals surface area contributed by atoms with Crippen molar-refractivity contribution in [2.24, 2.45) is 0 Å². The summed E-state index contributed by atoms with van der Waals surface area (Å²) in [5.74, 6) is 1.56. The molecule has 156 valence electrons. The summed E-state index contributed by atoms with van der Waals surface area (Å²) in [7, 11) is 0. The lowest BCUT2D eigenvalue weighted by atomic mass is 10.1. The van der Waals surface area contributed by atoms with Gasteiger partial charge in [0.1, 0.15) is 11.5 Å². The number of oxazole rings is 1. The summed E-state index contributed by atoms with van der Waals surface area (Å²) in [5.41, 5.74) is 4.48. The van der Waals surface area contributed by atoms with Crippen molar-refractivity contribution >= 4 is 28.9 Å². The van der Waals surface area contributed by atoms with E-state index in [0.29, 0.717) is 28.6 Å². The zero-order valence-corrected chi connectivity index (χ0v) is 17.3. The first-order valence-electron chi connectivity index (χ1n) is 10.1. The van der Waals surface area contributed by atoms with E-state index in [9.17, 15) is 4.79 Å². The number of anilines is 1. The van der Waals surface area contributed by atoms with Crippen molar-refractivity contribution in [1.29, 1.82) is 0 Å². The van der Waals surface area contributed by atoms with E-state index in [1.807, 2.05) is 73.7 Å². The minimum Gasteiger partial charge on any atom is -0.457 e. The molecule has 2 aromatic carbocycles. The number of hydrogen-bond acceptors (Lipinski definition) is 5. The average molecular weight is 421 g/mol. The Morgan fingerprint density at radius 2 is 1.81 bits per heavy atom. The summed E-state index contributed by atoms with van der Waals surface area (Å²) in [6, 6.07) is 22.7. The smallest absolute Gasteiger partial charge is 0.248 e. The molecule has 5 aromatic rings. The van der Waals surface area contributed by atoms with Crippen molar-refractivity contribution in [3.05, 3.63) is 96.4 Å². The number of hydrogen-bond donors (Lipinski definition) is 1. The standard InChI is InChI=1S/C26H19N3O3/c1-17-20(26-29-25-23(32-26)11-6-16-27-25)9-5-10-21(17)28-24(30)15-13-19-12-14-22(31-19)18-7-3-2-4-8-18/h2-16H,1H3,(H,28,30)/b15-13+. The highest BCUT2D eigenvalue weighted by molar-refractivity contribution is 6.02. The van der Waals surface area contributed by atoms with Gasteiger partial charge in [0.25, 0.3) is 0 Å². The van der Waals surface area contributed by atoms with E-state index in [1.165, 1.54) is 6.08 Å². The predicted molar refractivity (Wildman–Crippen MR) is 124 cm³/mol. The van der Waals surface area contributed by atoms with E-state index < -0.39 is 0 Å². The topological polar surface area (TPSA) is 81.2 Å². The zero-order valence-electron chi connectivity index (χ0n) is 17.3. The van der Waals surface area contributed by atoms with E-state index in [-0.39, 0.29) is 5.91 Å². The molecular formula is C26H19N3O3. The maximum Gasteiger partial charge on any atom is 0.248 e. The predicted octanol–water partition coefficient (Wildman–Crippen LogP) is 6.11. The minimum atomic E-state index is -0.262. The Morgan fingerprint density at radius 3 is 2.66 bits per heavy atom. The van der Waals surface area contributed by atoms with Gasteiger partial charge in [-0.1, -0.05) is 36.4 Å². The van der Waals surface area contributed by atoms with Gasteiger partial charge in [0, 0.05) is 29.1 Å². The lowest BCUT2D eigenvalue weighted by molar-refractivity contribution is -0.111. The quantitative estimate of drug-likeness (QED) is 0.346. The lowest BCUT2D eigenvalue weighted by Gasteiger charge is -2.09. The van der Waals surface area contributed by atoms with Gasteiger partial charge in [-0.25, -0.2) is 4.98 Å². The first kappa shape index (κ1) is 19.5. The molecule has 0 aliphatic rings. The van der Waals surface area contributed by atoms with Crippen molar-refractivity contribution in [3.8, 4) is 22.8 Å². The summed E-state index contributed by atoms with van der Waals surface area (Å²) in [6.45, 7) is 1.91. The molecule has 5 rings (SSSR count). The molecule has 0 unspecified atom stereocenters. The van der Waals surface area contributed by atoms with E-state index in [4.69, 9.17) is 8.83 Å². The van der Waals surface area contributed by atoms with Crippen LogP contribution in [0.2, 0.25) is 0 Å². The molecule has 0 fully saturated rings. The zero-order chi connectivity index (χ0) is 21.9. The van der Waals surface area contributed by atoms with Crippen molar-refractivity contribution in [3.63, 3.8) is 0 Å². The number of fused-ring (bicyclic) bond motifs is 1. The fraction of sp³-hybridized carbons (Fsp3) is 0.0385. The van der Waals surface area contributed by atoms with Gasteiger partial charge in [-0.15, -0.1) is 0 Å². The Kier molecular flexibility index (Phi) is 5.09. The SMILES string of the molecule is Cc1c(NC(=O)/C=C/c2ccc(-c3ccccc3)o2)cccc1-c1nc2ncccc2o1. The summed E-state index contributed by atoms with van der Waals surface area (Å²) in [4.78, 5) is 21.2. The maximum absolute atomic E-state index is 12.5. The highest BCUT2D eigenvalue weighted by Gasteiger charge is 2.14. The number of carbonyl (C=O) groups is 1. The largest absolute Gasteiger partial charge is 0.457 e. The molecule has 6 heteroatoms. The fourth-order valence-electron chi connectivity index (χ4n) is 3.42. The molecule has 0 aliphatic heterocycles. The van der Waals surface area contributed by atoms with Crippen molar-refractivity contribution < 1.29 is 13.6 Å². The van der Waals surface area contributed by atoms with Crippen LogP contribution in [0.1, 0.15) is 11.3 Å². The van der Waals surface area contributed by atoms with Crippen LogP contribution in [0, 0.1) is 6.92 Å². The molecule has 0 bridgehead atoms. The number of carbonyl (C=O) groups excluding carboxylic acids is 1. The van der Waals surface area contributed by atoms with Gasteiger partial charge in [0.05, 0.1) is 0 Å². The van der Waals surface area contributed by atoms with Crippen LogP contribution in [0.5, 0.6) is 0 Å². The first-order chi connectivity index (χ1) is 15.7. The molecule has 3 aromatic heterocycles. The Bertz CT molecular complexity index is 1400. The summed E-state index contributed by atoms with van der Waals surface area (Å²) in [6.07, 6.45) is 4.77. The molecule has 6 nitrogen and oxygen atoms in total. The van der Waals surface area contributed by atoms with Crippen LogP contribution in [0.4, 0.5) is 5.69 Å². The van der Waals surface area contributed by atoms with Crippen molar-refractivity contribution in [2.45, 2.75) is 6.92 Å². The third-order valence-corrected chi connectivity index (χ3v) is 5.07. The van der Waals surface area contributed by atoms with E-state index in [0.717, 1.165) is 22.5 Å². The van der Waals surface area contributed by atoms with Gasteiger partial charge in [-0.05, 0) is 55.0 Å². The second-order valence-corrected chi connectivity index (χ2v) is 7.21. The number of pyridine rings is 1. The monoisotopic (exact) mass is 421 g/mol.